The molecule has 0 unspecified atom stereocenters. The Morgan fingerprint density at radius 2 is 2.11 bits per heavy atom. The van der Waals surface area contributed by atoms with Crippen LogP contribution in [0.5, 0.6) is 0 Å². The van der Waals surface area contributed by atoms with Crippen LogP contribution in [-0.2, 0) is 13.5 Å². The van der Waals surface area contributed by atoms with E-state index in [1.165, 1.54) is 0 Å². The predicted octanol–water partition coefficient (Wildman–Crippen LogP) is 2.31. The highest BCUT2D eigenvalue weighted by Gasteiger charge is 2.13. The number of aromatic nitrogens is 3. The van der Waals surface area contributed by atoms with Crippen molar-refractivity contribution in [1.29, 1.82) is 0 Å². The van der Waals surface area contributed by atoms with Crippen LogP contribution in [0.3, 0.4) is 0 Å². The summed E-state index contributed by atoms with van der Waals surface area (Å²) in [6, 6.07) is 0. The van der Waals surface area contributed by atoms with Crippen LogP contribution in [0.1, 0.15) is 32.4 Å². The first-order valence-corrected chi connectivity index (χ1v) is 6.55. The number of aryl methyl sites for hydroxylation is 2. The first kappa shape index (κ1) is 13.8. The number of rotatable bonds is 4. The minimum Gasteiger partial charge on any atom is -0.441 e. The van der Waals surface area contributed by atoms with Gasteiger partial charge in [0, 0.05) is 31.7 Å². The SMILES string of the molecule is Cc1nn(C)cc1-c1cnc(CCNC(C)(C)C)o1. The van der Waals surface area contributed by atoms with Crippen LogP contribution in [0, 0.1) is 6.92 Å². The summed E-state index contributed by atoms with van der Waals surface area (Å²) < 4.78 is 7.56. The van der Waals surface area contributed by atoms with Crippen molar-refractivity contribution in [2.45, 2.75) is 39.7 Å². The molecular weight excluding hydrogens is 240 g/mol. The van der Waals surface area contributed by atoms with E-state index in [4.69, 9.17) is 4.42 Å². The fourth-order valence-corrected chi connectivity index (χ4v) is 1.94. The lowest BCUT2D eigenvalue weighted by Gasteiger charge is -2.19. The molecule has 2 aromatic heterocycles. The van der Waals surface area contributed by atoms with Crippen LogP contribution in [0.25, 0.3) is 11.3 Å². The van der Waals surface area contributed by atoms with Gasteiger partial charge in [-0.05, 0) is 27.7 Å². The molecule has 0 amide bonds. The van der Waals surface area contributed by atoms with Crippen molar-refractivity contribution in [3.05, 3.63) is 24.0 Å². The van der Waals surface area contributed by atoms with Crippen molar-refractivity contribution >= 4 is 0 Å². The van der Waals surface area contributed by atoms with Gasteiger partial charge < -0.3 is 9.73 Å². The molecule has 1 N–H and O–H groups in total. The van der Waals surface area contributed by atoms with Crippen molar-refractivity contribution in [3.8, 4) is 11.3 Å². The minimum absolute atomic E-state index is 0.120. The Hall–Kier alpha value is -1.62. The van der Waals surface area contributed by atoms with Crippen LogP contribution >= 0.6 is 0 Å². The molecule has 0 radical (unpaired) electrons. The normalized spacial score (nSPS) is 12.1. The monoisotopic (exact) mass is 262 g/mol. The second-order valence-electron chi connectivity index (χ2n) is 5.85. The van der Waals surface area contributed by atoms with Gasteiger partial charge in [0.15, 0.2) is 11.7 Å². The maximum atomic E-state index is 5.77. The molecule has 2 heterocycles. The smallest absolute Gasteiger partial charge is 0.196 e. The fraction of sp³-hybridized carbons (Fsp3) is 0.571. The highest BCUT2D eigenvalue weighted by molar-refractivity contribution is 5.58. The number of hydrogen-bond acceptors (Lipinski definition) is 4. The van der Waals surface area contributed by atoms with E-state index in [2.05, 4.69) is 36.2 Å². The summed E-state index contributed by atoms with van der Waals surface area (Å²) in [6.45, 7) is 9.27. The third-order valence-corrected chi connectivity index (χ3v) is 2.83. The van der Waals surface area contributed by atoms with Crippen LogP contribution in [0.4, 0.5) is 0 Å². The number of oxazole rings is 1. The molecule has 0 aromatic carbocycles. The molecular formula is C14H22N4O. The Labute approximate surface area is 114 Å². The molecule has 2 aromatic rings. The van der Waals surface area contributed by atoms with E-state index in [0.29, 0.717) is 0 Å². The molecule has 104 valence electrons. The van der Waals surface area contributed by atoms with E-state index < -0.39 is 0 Å². The average molecular weight is 262 g/mol. The molecule has 0 saturated heterocycles. The van der Waals surface area contributed by atoms with Crippen LogP contribution in [0.2, 0.25) is 0 Å². The van der Waals surface area contributed by atoms with E-state index in [1.54, 1.807) is 10.9 Å². The maximum absolute atomic E-state index is 5.77. The number of nitrogens with one attached hydrogen (secondary N) is 1. The quantitative estimate of drug-likeness (QED) is 0.918. The second kappa shape index (κ2) is 5.17. The Balaban J connectivity index is 2.01. The van der Waals surface area contributed by atoms with Crippen LogP contribution in [0.15, 0.2) is 16.8 Å². The molecule has 5 nitrogen and oxygen atoms in total. The Bertz CT molecular complexity index is 548. The molecule has 5 heteroatoms. The summed E-state index contributed by atoms with van der Waals surface area (Å²) in [5.41, 5.74) is 2.08. The topological polar surface area (TPSA) is 55.9 Å². The van der Waals surface area contributed by atoms with Gasteiger partial charge in [0.2, 0.25) is 0 Å². The molecule has 0 fully saturated rings. The highest BCUT2D eigenvalue weighted by Crippen LogP contribution is 2.23. The molecule has 0 aliphatic heterocycles. The van der Waals surface area contributed by atoms with Crippen LogP contribution < -0.4 is 5.32 Å². The lowest BCUT2D eigenvalue weighted by molar-refractivity contribution is 0.412. The predicted molar refractivity (Wildman–Crippen MR) is 74.9 cm³/mol. The van der Waals surface area contributed by atoms with Crippen molar-refractivity contribution in [2.75, 3.05) is 6.54 Å². The first-order valence-electron chi connectivity index (χ1n) is 6.55. The summed E-state index contributed by atoms with van der Waals surface area (Å²) >= 11 is 0. The second-order valence-corrected chi connectivity index (χ2v) is 5.85. The van der Waals surface area contributed by atoms with Gasteiger partial charge >= 0.3 is 0 Å². The third-order valence-electron chi connectivity index (χ3n) is 2.83. The van der Waals surface area contributed by atoms with E-state index in [0.717, 1.165) is 35.9 Å². The average Bonchev–Trinajstić information content (AvgIpc) is 2.83. The number of hydrogen-bond donors (Lipinski definition) is 1. The maximum Gasteiger partial charge on any atom is 0.196 e. The van der Waals surface area contributed by atoms with Gasteiger partial charge in [-0.25, -0.2) is 4.98 Å². The van der Waals surface area contributed by atoms with Crippen molar-refractivity contribution in [3.63, 3.8) is 0 Å². The van der Waals surface area contributed by atoms with Gasteiger partial charge in [0.1, 0.15) is 0 Å². The summed E-state index contributed by atoms with van der Waals surface area (Å²) in [5.74, 6) is 1.55. The molecule has 0 aliphatic rings. The Morgan fingerprint density at radius 1 is 1.37 bits per heavy atom. The summed E-state index contributed by atoms with van der Waals surface area (Å²) in [6.07, 6.45) is 4.51. The third kappa shape index (κ3) is 3.67. The van der Waals surface area contributed by atoms with Crippen molar-refractivity contribution < 1.29 is 4.42 Å². The molecule has 0 bridgehead atoms. The van der Waals surface area contributed by atoms with Gasteiger partial charge in [-0.3, -0.25) is 4.68 Å². The Kier molecular flexibility index (Phi) is 3.75. The molecule has 0 aliphatic carbocycles. The first-order chi connectivity index (χ1) is 8.85. The van der Waals surface area contributed by atoms with E-state index in [9.17, 15) is 0 Å². The highest BCUT2D eigenvalue weighted by atomic mass is 16.4. The molecule has 19 heavy (non-hydrogen) atoms. The van der Waals surface area contributed by atoms with E-state index >= 15 is 0 Å². The molecule has 0 saturated carbocycles. The van der Waals surface area contributed by atoms with E-state index in [-0.39, 0.29) is 5.54 Å². The zero-order valence-electron chi connectivity index (χ0n) is 12.3. The lowest BCUT2D eigenvalue weighted by Crippen LogP contribution is -2.37. The van der Waals surface area contributed by atoms with Gasteiger partial charge in [-0.15, -0.1) is 0 Å². The van der Waals surface area contributed by atoms with Gasteiger partial charge in [-0.1, -0.05) is 0 Å². The largest absolute Gasteiger partial charge is 0.441 e. The number of nitrogens with zero attached hydrogens (tertiary/aromatic N) is 3. The zero-order chi connectivity index (χ0) is 14.0. The minimum atomic E-state index is 0.120. The summed E-state index contributed by atoms with van der Waals surface area (Å²) in [7, 11) is 1.90. The molecule has 0 spiro atoms. The van der Waals surface area contributed by atoms with Gasteiger partial charge in [0.05, 0.1) is 17.5 Å². The molecule has 2 rings (SSSR count). The zero-order valence-corrected chi connectivity index (χ0v) is 12.3. The fourth-order valence-electron chi connectivity index (χ4n) is 1.94. The van der Waals surface area contributed by atoms with Gasteiger partial charge in [-0.2, -0.15) is 5.10 Å². The molecule has 0 atom stereocenters. The van der Waals surface area contributed by atoms with Crippen LogP contribution in [-0.4, -0.2) is 26.8 Å². The van der Waals surface area contributed by atoms with E-state index in [1.807, 2.05) is 20.2 Å². The van der Waals surface area contributed by atoms with Crippen molar-refractivity contribution in [2.24, 2.45) is 7.05 Å². The van der Waals surface area contributed by atoms with Gasteiger partial charge in [0.25, 0.3) is 0 Å². The standard InChI is InChI=1S/C14H22N4O/c1-10-11(9-18(5)17-10)12-8-15-13(19-12)6-7-16-14(2,3)4/h8-9,16H,6-7H2,1-5H3. The summed E-state index contributed by atoms with van der Waals surface area (Å²) in [5, 5.41) is 7.73. The summed E-state index contributed by atoms with van der Waals surface area (Å²) in [4.78, 5) is 4.32. The van der Waals surface area contributed by atoms with Crippen molar-refractivity contribution in [1.82, 2.24) is 20.1 Å². The Morgan fingerprint density at radius 3 is 2.68 bits per heavy atom. The lowest BCUT2D eigenvalue weighted by atomic mass is 10.1.